The smallest absolute Gasteiger partial charge is 0.223 e. The van der Waals surface area contributed by atoms with E-state index < -0.39 is 0 Å². The number of nitrogens with zero attached hydrogens (tertiary/aromatic N) is 3. The fourth-order valence-electron chi connectivity index (χ4n) is 3.42. The lowest BCUT2D eigenvalue weighted by molar-refractivity contribution is -0.117. The molecule has 0 saturated heterocycles. The summed E-state index contributed by atoms with van der Waals surface area (Å²) in [5.41, 5.74) is 13.8. The Morgan fingerprint density at radius 2 is 2.17 bits per heavy atom. The number of aromatic nitrogens is 4. The molecule has 122 valence electrons. The molecule has 1 amide bonds. The van der Waals surface area contributed by atoms with E-state index in [0.717, 1.165) is 52.3 Å². The van der Waals surface area contributed by atoms with E-state index in [9.17, 15) is 4.79 Å². The highest BCUT2D eigenvalue weighted by Gasteiger charge is 2.28. The van der Waals surface area contributed by atoms with Gasteiger partial charge in [-0.1, -0.05) is 12.1 Å². The molecule has 24 heavy (non-hydrogen) atoms. The van der Waals surface area contributed by atoms with Crippen molar-refractivity contribution in [3.05, 3.63) is 52.5 Å². The molecule has 0 radical (unpaired) electrons. The molecule has 0 saturated carbocycles. The number of rotatable bonds is 3. The van der Waals surface area contributed by atoms with Gasteiger partial charge in [-0.3, -0.25) is 9.89 Å². The number of aryl methyl sites for hydroxylation is 3. The first-order valence-electron chi connectivity index (χ1n) is 8.04. The van der Waals surface area contributed by atoms with Crippen molar-refractivity contribution >= 4 is 5.91 Å². The van der Waals surface area contributed by atoms with Gasteiger partial charge in [0.15, 0.2) is 0 Å². The monoisotopic (exact) mass is 321 g/mol. The van der Waals surface area contributed by atoms with E-state index in [-0.39, 0.29) is 12.3 Å². The van der Waals surface area contributed by atoms with Crippen LogP contribution in [0.4, 0.5) is 0 Å². The molecular weight excluding hydrogens is 302 g/mol. The van der Waals surface area contributed by atoms with Crippen molar-refractivity contribution in [3.63, 3.8) is 0 Å². The Morgan fingerprint density at radius 3 is 2.96 bits per heavy atom. The molecule has 3 N–H and O–H groups in total. The van der Waals surface area contributed by atoms with Crippen LogP contribution in [0.1, 0.15) is 28.1 Å². The fraction of sp³-hybridized carbons (Fsp3) is 0.278. The lowest BCUT2D eigenvalue weighted by Crippen LogP contribution is -2.15. The van der Waals surface area contributed by atoms with Crippen molar-refractivity contribution < 1.29 is 4.79 Å². The molecule has 0 bridgehead atoms. The van der Waals surface area contributed by atoms with E-state index in [1.54, 1.807) is 0 Å². The van der Waals surface area contributed by atoms with Gasteiger partial charge in [-0.15, -0.1) is 0 Å². The third-order valence-corrected chi connectivity index (χ3v) is 4.60. The molecule has 0 atom stereocenters. The van der Waals surface area contributed by atoms with Crippen LogP contribution in [0.15, 0.2) is 24.4 Å². The Bertz CT molecular complexity index is 950. The number of carbonyl (C=O) groups is 1. The average Bonchev–Trinajstić information content (AvgIpc) is 3.13. The number of fused-ring (bicyclic) bond motifs is 3. The molecule has 0 unspecified atom stereocenters. The van der Waals surface area contributed by atoms with E-state index in [4.69, 9.17) is 10.8 Å². The summed E-state index contributed by atoms with van der Waals surface area (Å²) in [5, 5.41) is 12.0. The van der Waals surface area contributed by atoms with Crippen LogP contribution in [0.25, 0.3) is 16.9 Å². The molecule has 2 aromatic heterocycles. The second-order valence-electron chi connectivity index (χ2n) is 6.38. The normalized spacial score (nSPS) is 12.8. The molecule has 4 rings (SSSR count). The van der Waals surface area contributed by atoms with Crippen LogP contribution in [0.2, 0.25) is 0 Å². The summed E-state index contributed by atoms with van der Waals surface area (Å²) in [7, 11) is 0. The molecule has 0 fully saturated rings. The van der Waals surface area contributed by atoms with Crippen LogP contribution >= 0.6 is 0 Å². The van der Waals surface area contributed by atoms with Gasteiger partial charge in [0, 0.05) is 16.8 Å². The molecular formula is C18H19N5O. The first-order valence-corrected chi connectivity index (χ1v) is 8.04. The predicted octanol–water partition coefficient (Wildman–Crippen LogP) is 2.01. The largest absolute Gasteiger partial charge is 0.369 e. The summed E-state index contributed by atoms with van der Waals surface area (Å²) < 4.78 is 1.95. The number of nitrogens with two attached hydrogens (primary N) is 1. The zero-order valence-electron chi connectivity index (χ0n) is 13.8. The SMILES string of the molecule is Cc1ccc(C)c(-n2nc(CC(N)=O)c3c2-c2cn[nH]c2CC3)c1. The van der Waals surface area contributed by atoms with Crippen LogP contribution in [0.3, 0.4) is 0 Å². The van der Waals surface area contributed by atoms with Crippen molar-refractivity contribution in [2.75, 3.05) is 0 Å². The Balaban J connectivity index is 2.00. The van der Waals surface area contributed by atoms with Gasteiger partial charge in [-0.2, -0.15) is 10.2 Å². The van der Waals surface area contributed by atoms with Crippen molar-refractivity contribution in [2.45, 2.75) is 33.1 Å². The van der Waals surface area contributed by atoms with Crippen molar-refractivity contribution in [1.82, 2.24) is 20.0 Å². The maximum absolute atomic E-state index is 11.5. The lowest BCUT2D eigenvalue weighted by Gasteiger charge is -2.16. The van der Waals surface area contributed by atoms with Crippen LogP contribution < -0.4 is 5.73 Å². The van der Waals surface area contributed by atoms with E-state index in [0.29, 0.717) is 0 Å². The molecule has 6 heteroatoms. The minimum absolute atomic E-state index is 0.160. The van der Waals surface area contributed by atoms with Gasteiger partial charge in [0.25, 0.3) is 0 Å². The average molecular weight is 321 g/mol. The van der Waals surface area contributed by atoms with Gasteiger partial charge < -0.3 is 5.73 Å². The molecule has 1 aliphatic carbocycles. The van der Waals surface area contributed by atoms with Crippen LogP contribution in [-0.2, 0) is 24.1 Å². The summed E-state index contributed by atoms with van der Waals surface area (Å²) in [6.45, 7) is 4.13. The maximum atomic E-state index is 11.5. The third-order valence-electron chi connectivity index (χ3n) is 4.60. The summed E-state index contributed by atoms with van der Waals surface area (Å²) >= 11 is 0. The molecule has 0 spiro atoms. The highest BCUT2D eigenvalue weighted by atomic mass is 16.1. The number of carbonyl (C=O) groups excluding carboxylic acids is 1. The maximum Gasteiger partial charge on any atom is 0.223 e. The van der Waals surface area contributed by atoms with Crippen molar-refractivity contribution in [2.24, 2.45) is 5.73 Å². The van der Waals surface area contributed by atoms with Gasteiger partial charge in [-0.05, 0) is 43.9 Å². The molecule has 3 aromatic rings. The number of nitrogens with one attached hydrogen (secondary N) is 1. The Kier molecular flexibility index (Phi) is 3.26. The topological polar surface area (TPSA) is 89.6 Å². The minimum atomic E-state index is -0.360. The van der Waals surface area contributed by atoms with Gasteiger partial charge >= 0.3 is 0 Å². The van der Waals surface area contributed by atoms with Gasteiger partial charge in [0.2, 0.25) is 5.91 Å². The summed E-state index contributed by atoms with van der Waals surface area (Å²) in [5.74, 6) is -0.360. The van der Waals surface area contributed by atoms with Gasteiger partial charge in [0.1, 0.15) is 0 Å². The quantitative estimate of drug-likeness (QED) is 0.773. The number of benzene rings is 1. The number of H-pyrrole nitrogens is 1. The summed E-state index contributed by atoms with van der Waals surface area (Å²) in [6, 6.07) is 6.29. The second-order valence-corrected chi connectivity index (χ2v) is 6.38. The van der Waals surface area contributed by atoms with Crippen molar-refractivity contribution in [1.29, 1.82) is 0 Å². The Hall–Kier alpha value is -2.89. The molecule has 0 aliphatic heterocycles. The zero-order valence-corrected chi connectivity index (χ0v) is 13.8. The lowest BCUT2D eigenvalue weighted by atomic mass is 9.93. The summed E-state index contributed by atoms with van der Waals surface area (Å²) in [4.78, 5) is 11.5. The van der Waals surface area contributed by atoms with Gasteiger partial charge in [0.05, 0.1) is 29.7 Å². The number of primary amides is 1. The van der Waals surface area contributed by atoms with Crippen molar-refractivity contribution in [3.8, 4) is 16.9 Å². The number of aromatic amines is 1. The standard InChI is InChI=1S/C18H19N5O/c1-10-3-4-11(2)16(7-10)23-18-12(15(22-23)8-17(19)24)5-6-14-13(18)9-20-21-14/h3-4,7,9H,5-6,8H2,1-2H3,(H2,19,24)(H,20,21). The highest BCUT2D eigenvalue weighted by molar-refractivity contribution is 5.79. The Labute approximate surface area is 139 Å². The number of amides is 1. The molecule has 1 aliphatic rings. The first-order chi connectivity index (χ1) is 11.5. The van der Waals surface area contributed by atoms with E-state index in [2.05, 4.69) is 42.2 Å². The van der Waals surface area contributed by atoms with E-state index >= 15 is 0 Å². The number of hydrogen-bond donors (Lipinski definition) is 2. The zero-order chi connectivity index (χ0) is 16.8. The molecule has 2 heterocycles. The summed E-state index contributed by atoms with van der Waals surface area (Å²) in [6.07, 6.45) is 3.70. The first kappa shape index (κ1) is 14.7. The highest BCUT2D eigenvalue weighted by Crippen LogP contribution is 2.36. The second kappa shape index (κ2) is 5.33. The van der Waals surface area contributed by atoms with Crippen LogP contribution in [0, 0.1) is 13.8 Å². The third kappa shape index (κ3) is 2.22. The van der Waals surface area contributed by atoms with E-state index in [1.165, 1.54) is 5.56 Å². The molecule has 6 nitrogen and oxygen atoms in total. The Morgan fingerprint density at radius 1 is 1.33 bits per heavy atom. The number of hydrogen-bond acceptors (Lipinski definition) is 3. The van der Waals surface area contributed by atoms with Crippen LogP contribution in [-0.4, -0.2) is 25.9 Å². The molecule has 1 aromatic carbocycles. The van der Waals surface area contributed by atoms with Crippen LogP contribution in [0.5, 0.6) is 0 Å². The fourth-order valence-corrected chi connectivity index (χ4v) is 3.42. The predicted molar refractivity (Wildman–Crippen MR) is 90.9 cm³/mol. The van der Waals surface area contributed by atoms with E-state index in [1.807, 2.05) is 10.9 Å². The minimum Gasteiger partial charge on any atom is -0.369 e. The van der Waals surface area contributed by atoms with Gasteiger partial charge in [-0.25, -0.2) is 4.68 Å².